The number of rotatable bonds is 4. The summed E-state index contributed by atoms with van der Waals surface area (Å²) >= 11 is 1.75. The number of nitrogens with zero attached hydrogens (tertiary/aromatic N) is 1. The Balaban J connectivity index is 1.52. The van der Waals surface area contributed by atoms with Gasteiger partial charge in [0.25, 0.3) is 0 Å². The van der Waals surface area contributed by atoms with Crippen LogP contribution in [0.15, 0.2) is 30.3 Å². The van der Waals surface area contributed by atoms with Crippen LogP contribution in [0.2, 0.25) is 0 Å². The Morgan fingerprint density at radius 3 is 2.88 bits per heavy atom. The molecular weight excluding hydrogens is 324 g/mol. The number of fused-ring (bicyclic) bond motifs is 1. The third-order valence-electron chi connectivity index (χ3n) is 4.42. The quantitative estimate of drug-likeness (QED) is 0.893. The van der Waals surface area contributed by atoms with Crippen LogP contribution in [0.1, 0.15) is 18.2 Å². The molecule has 1 aliphatic heterocycles. The zero-order valence-electron chi connectivity index (χ0n) is 13.7. The first-order chi connectivity index (χ1) is 11.5. The van der Waals surface area contributed by atoms with E-state index in [4.69, 9.17) is 0 Å². The molecule has 1 fully saturated rings. The van der Waals surface area contributed by atoms with Gasteiger partial charge in [0.15, 0.2) is 0 Å². The number of hydrogen-bond acceptors (Lipinski definition) is 3. The number of likely N-dealkylation sites (tertiary alicyclic amines) is 1. The van der Waals surface area contributed by atoms with E-state index >= 15 is 0 Å². The van der Waals surface area contributed by atoms with Crippen molar-refractivity contribution in [1.82, 2.24) is 10.2 Å². The summed E-state index contributed by atoms with van der Waals surface area (Å²) in [7, 11) is 0. The fourth-order valence-electron chi connectivity index (χ4n) is 3.26. The molecule has 1 saturated heterocycles. The highest BCUT2D eigenvalue weighted by molar-refractivity contribution is 7.19. The van der Waals surface area contributed by atoms with Gasteiger partial charge in [-0.3, -0.25) is 4.79 Å². The minimum atomic E-state index is -0.815. The predicted molar refractivity (Wildman–Crippen MR) is 95.4 cm³/mol. The van der Waals surface area contributed by atoms with E-state index in [-0.39, 0.29) is 11.9 Å². The number of hydrogen-bond donors (Lipinski definition) is 2. The Morgan fingerprint density at radius 2 is 2.12 bits per heavy atom. The van der Waals surface area contributed by atoms with Gasteiger partial charge < -0.3 is 15.3 Å². The number of benzene rings is 1. The zero-order valence-corrected chi connectivity index (χ0v) is 14.5. The summed E-state index contributed by atoms with van der Waals surface area (Å²) in [4.78, 5) is 26.4. The van der Waals surface area contributed by atoms with E-state index in [1.54, 1.807) is 16.2 Å². The van der Waals surface area contributed by atoms with Crippen molar-refractivity contribution in [3.8, 4) is 0 Å². The van der Waals surface area contributed by atoms with Crippen molar-refractivity contribution in [2.75, 3.05) is 19.6 Å². The Bertz CT molecular complexity index is 710. The fraction of sp³-hybridized carbons (Fsp3) is 0.444. The van der Waals surface area contributed by atoms with E-state index in [0.29, 0.717) is 26.1 Å². The summed E-state index contributed by atoms with van der Waals surface area (Å²) in [6.45, 7) is 3.48. The molecular formula is C18H22N2O3S. The second-order valence-corrected chi connectivity index (χ2v) is 7.68. The van der Waals surface area contributed by atoms with Crippen molar-refractivity contribution < 1.29 is 14.7 Å². The van der Waals surface area contributed by atoms with E-state index in [9.17, 15) is 14.7 Å². The molecule has 2 amide bonds. The third-order valence-corrected chi connectivity index (χ3v) is 5.60. The molecule has 2 N–H and O–H groups in total. The summed E-state index contributed by atoms with van der Waals surface area (Å²) in [5.74, 6) is -1.06. The predicted octanol–water partition coefficient (Wildman–Crippen LogP) is 3.20. The average molecular weight is 346 g/mol. The molecule has 6 heteroatoms. The van der Waals surface area contributed by atoms with E-state index in [0.717, 1.165) is 6.42 Å². The zero-order chi connectivity index (χ0) is 17.1. The lowest BCUT2D eigenvalue weighted by Gasteiger charge is -2.34. The van der Waals surface area contributed by atoms with Crippen LogP contribution >= 0.6 is 11.3 Å². The number of carbonyl (C=O) groups excluding carboxylic acids is 1. The number of urea groups is 1. The minimum Gasteiger partial charge on any atom is -0.481 e. The van der Waals surface area contributed by atoms with Crippen LogP contribution < -0.4 is 5.32 Å². The van der Waals surface area contributed by atoms with Gasteiger partial charge in [0.05, 0.1) is 5.92 Å². The van der Waals surface area contributed by atoms with Gasteiger partial charge in [-0.2, -0.15) is 0 Å². The van der Waals surface area contributed by atoms with Crippen LogP contribution in [0.5, 0.6) is 0 Å². The molecule has 128 valence electrons. The number of piperidine rings is 1. The lowest BCUT2D eigenvalue weighted by Crippen LogP contribution is -2.49. The maximum atomic E-state index is 12.3. The lowest BCUT2D eigenvalue weighted by molar-refractivity contribution is -0.143. The molecule has 1 aliphatic rings. The SMILES string of the molecule is CC1CC(C(=O)O)CN(C(=O)NCCc2cc3ccccc3s2)C1. The van der Waals surface area contributed by atoms with Gasteiger partial charge in [0.2, 0.25) is 0 Å². The van der Waals surface area contributed by atoms with Gasteiger partial charge in [-0.25, -0.2) is 4.79 Å². The van der Waals surface area contributed by atoms with E-state index in [1.807, 2.05) is 19.1 Å². The highest BCUT2D eigenvalue weighted by Crippen LogP contribution is 2.25. The molecule has 1 aromatic heterocycles. The summed E-state index contributed by atoms with van der Waals surface area (Å²) in [5.41, 5.74) is 0. The molecule has 2 heterocycles. The highest BCUT2D eigenvalue weighted by atomic mass is 32.1. The molecule has 0 radical (unpaired) electrons. The molecule has 5 nitrogen and oxygen atoms in total. The molecule has 2 unspecified atom stereocenters. The molecule has 0 spiro atoms. The monoisotopic (exact) mass is 346 g/mol. The van der Waals surface area contributed by atoms with Crippen LogP contribution in [-0.2, 0) is 11.2 Å². The normalized spacial score (nSPS) is 21.0. The van der Waals surface area contributed by atoms with Gasteiger partial charge in [0.1, 0.15) is 0 Å². The average Bonchev–Trinajstić information content (AvgIpc) is 2.96. The van der Waals surface area contributed by atoms with Gasteiger partial charge in [0, 0.05) is 29.2 Å². The van der Waals surface area contributed by atoms with Crippen LogP contribution in [0.4, 0.5) is 4.79 Å². The number of aliphatic carboxylic acids is 1. The third kappa shape index (κ3) is 3.87. The molecule has 24 heavy (non-hydrogen) atoms. The second kappa shape index (κ2) is 7.21. The van der Waals surface area contributed by atoms with Crippen LogP contribution in [-0.4, -0.2) is 41.6 Å². The molecule has 3 rings (SSSR count). The molecule has 1 aromatic carbocycles. The maximum Gasteiger partial charge on any atom is 0.317 e. The second-order valence-electron chi connectivity index (χ2n) is 6.51. The van der Waals surface area contributed by atoms with Crippen molar-refractivity contribution in [2.24, 2.45) is 11.8 Å². The summed E-state index contributed by atoms with van der Waals surface area (Å²) in [5, 5.41) is 13.4. The largest absolute Gasteiger partial charge is 0.481 e. The van der Waals surface area contributed by atoms with Crippen LogP contribution in [0.25, 0.3) is 10.1 Å². The summed E-state index contributed by atoms with van der Waals surface area (Å²) < 4.78 is 1.26. The first kappa shape index (κ1) is 16.8. The van der Waals surface area contributed by atoms with Gasteiger partial charge >= 0.3 is 12.0 Å². The number of amides is 2. The Morgan fingerprint density at radius 1 is 1.33 bits per heavy atom. The number of thiophene rings is 1. The molecule has 0 aliphatic carbocycles. The number of carboxylic acid groups (broad SMARTS) is 1. The number of carboxylic acids is 1. The molecule has 0 saturated carbocycles. The summed E-state index contributed by atoms with van der Waals surface area (Å²) in [6, 6.07) is 10.3. The van der Waals surface area contributed by atoms with E-state index in [1.165, 1.54) is 15.0 Å². The smallest absolute Gasteiger partial charge is 0.317 e. The number of carbonyl (C=O) groups is 2. The standard InChI is InChI=1S/C18H22N2O3S/c1-12-8-14(17(21)22)11-20(10-12)18(23)19-7-6-15-9-13-4-2-3-5-16(13)24-15/h2-5,9,12,14H,6-8,10-11H2,1H3,(H,19,23)(H,21,22). The minimum absolute atomic E-state index is 0.158. The highest BCUT2D eigenvalue weighted by Gasteiger charge is 2.31. The van der Waals surface area contributed by atoms with Gasteiger partial charge in [-0.15, -0.1) is 11.3 Å². The van der Waals surface area contributed by atoms with Crippen molar-refractivity contribution in [3.63, 3.8) is 0 Å². The van der Waals surface area contributed by atoms with Crippen molar-refractivity contribution in [3.05, 3.63) is 35.2 Å². The van der Waals surface area contributed by atoms with Gasteiger partial charge in [-0.05, 0) is 36.3 Å². The molecule has 2 aromatic rings. The number of nitrogens with one attached hydrogen (secondary N) is 1. The van der Waals surface area contributed by atoms with Crippen molar-refractivity contribution in [2.45, 2.75) is 19.8 Å². The summed E-state index contributed by atoms with van der Waals surface area (Å²) in [6.07, 6.45) is 1.43. The molecule has 0 bridgehead atoms. The van der Waals surface area contributed by atoms with Crippen LogP contribution in [0, 0.1) is 11.8 Å². The first-order valence-corrected chi connectivity index (χ1v) is 9.07. The van der Waals surface area contributed by atoms with Gasteiger partial charge in [-0.1, -0.05) is 25.1 Å². The maximum absolute atomic E-state index is 12.3. The Labute approximate surface area is 145 Å². The van der Waals surface area contributed by atoms with Crippen molar-refractivity contribution >= 4 is 33.4 Å². The van der Waals surface area contributed by atoms with Crippen LogP contribution in [0.3, 0.4) is 0 Å². The topological polar surface area (TPSA) is 69.6 Å². The molecule has 2 atom stereocenters. The van der Waals surface area contributed by atoms with Crippen molar-refractivity contribution in [1.29, 1.82) is 0 Å². The van der Waals surface area contributed by atoms with E-state index in [2.05, 4.69) is 23.5 Å². The first-order valence-electron chi connectivity index (χ1n) is 8.26. The fourth-order valence-corrected chi connectivity index (χ4v) is 4.32. The Kier molecular flexibility index (Phi) is 5.04. The lowest BCUT2D eigenvalue weighted by atomic mass is 9.91. The van der Waals surface area contributed by atoms with E-state index < -0.39 is 11.9 Å². The Hall–Kier alpha value is -2.08.